The van der Waals surface area contributed by atoms with Gasteiger partial charge in [-0.2, -0.15) is 5.26 Å². The SMILES string of the molecule is Cc1ccccc1Cl.N#Cc1ccccc1OCC1CNCCOC1. The van der Waals surface area contributed by atoms with Crippen LogP contribution in [-0.4, -0.2) is 32.9 Å². The first-order chi connectivity index (χ1) is 12.2. The molecule has 1 atom stereocenters. The van der Waals surface area contributed by atoms with E-state index in [1.54, 1.807) is 6.07 Å². The van der Waals surface area contributed by atoms with E-state index in [1.165, 1.54) is 0 Å². The van der Waals surface area contributed by atoms with Crippen LogP contribution in [0, 0.1) is 24.2 Å². The molecule has 3 rings (SSSR count). The summed E-state index contributed by atoms with van der Waals surface area (Å²) in [5, 5.41) is 13.1. The fraction of sp³-hybridized carbons (Fsp3) is 0.350. The minimum Gasteiger partial charge on any atom is -0.492 e. The molecule has 0 amide bonds. The maximum absolute atomic E-state index is 8.93. The molecule has 1 aliphatic rings. The first-order valence-electron chi connectivity index (χ1n) is 8.32. The molecule has 0 bridgehead atoms. The Kier molecular flexibility index (Phi) is 8.27. The number of hydrogen-bond acceptors (Lipinski definition) is 4. The van der Waals surface area contributed by atoms with E-state index in [4.69, 9.17) is 26.3 Å². The van der Waals surface area contributed by atoms with E-state index in [-0.39, 0.29) is 0 Å². The number of nitrogens with one attached hydrogen (secondary N) is 1. The molecule has 1 fully saturated rings. The van der Waals surface area contributed by atoms with Gasteiger partial charge in [-0.25, -0.2) is 0 Å². The van der Waals surface area contributed by atoms with E-state index in [0.717, 1.165) is 30.3 Å². The number of para-hydroxylation sites is 1. The lowest BCUT2D eigenvalue weighted by Crippen LogP contribution is -2.27. The second kappa shape index (κ2) is 10.7. The van der Waals surface area contributed by atoms with Gasteiger partial charge >= 0.3 is 0 Å². The number of benzene rings is 2. The van der Waals surface area contributed by atoms with Gasteiger partial charge in [0.25, 0.3) is 0 Å². The van der Waals surface area contributed by atoms with Crippen molar-refractivity contribution in [2.75, 3.05) is 32.9 Å². The van der Waals surface area contributed by atoms with Crippen LogP contribution in [0.2, 0.25) is 5.02 Å². The third-order valence-corrected chi connectivity index (χ3v) is 4.19. The predicted molar refractivity (Wildman–Crippen MR) is 100 cm³/mol. The Balaban J connectivity index is 0.000000236. The Hall–Kier alpha value is -2.06. The van der Waals surface area contributed by atoms with Gasteiger partial charge in [0.05, 0.1) is 25.4 Å². The van der Waals surface area contributed by atoms with E-state index in [1.807, 2.05) is 49.4 Å². The summed E-state index contributed by atoms with van der Waals surface area (Å²) in [5.41, 5.74) is 1.71. The molecule has 1 aliphatic heterocycles. The van der Waals surface area contributed by atoms with E-state index in [9.17, 15) is 0 Å². The molecule has 0 spiro atoms. The van der Waals surface area contributed by atoms with Crippen LogP contribution in [0.15, 0.2) is 48.5 Å². The zero-order valence-corrected chi connectivity index (χ0v) is 15.1. The molecule has 1 heterocycles. The van der Waals surface area contributed by atoms with Crippen LogP contribution in [-0.2, 0) is 4.74 Å². The highest BCUT2D eigenvalue weighted by Crippen LogP contribution is 2.17. The van der Waals surface area contributed by atoms with Crippen molar-refractivity contribution in [2.45, 2.75) is 6.92 Å². The molecule has 0 aromatic heterocycles. The lowest BCUT2D eigenvalue weighted by molar-refractivity contribution is 0.101. The quantitative estimate of drug-likeness (QED) is 0.906. The fourth-order valence-corrected chi connectivity index (χ4v) is 2.45. The van der Waals surface area contributed by atoms with Crippen molar-refractivity contribution in [3.63, 3.8) is 0 Å². The van der Waals surface area contributed by atoms with Gasteiger partial charge < -0.3 is 14.8 Å². The van der Waals surface area contributed by atoms with Crippen molar-refractivity contribution in [3.8, 4) is 11.8 Å². The van der Waals surface area contributed by atoms with Crippen molar-refractivity contribution >= 4 is 11.6 Å². The maximum atomic E-state index is 8.93. The normalized spacial score (nSPS) is 16.8. The lowest BCUT2D eigenvalue weighted by Gasteiger charge is -2.15. The predicted octanol–water partition coefficient (Wildman–Crippen LogP) is 3.82. The number of ether oxygens (including phenoxy) is 2. The Bertz CT molecular complexity index is 671. The summed E-state index contributed by atoms with van der Waals surface area (Å²) in [4.78, 5) is 0. The van der Waals surface area contributed by atoms with Gasteiger partial charge in [0, 0.05) is 24.0 Å². The Labute approximate surface area is 154 Å². The summed E-state index contributed by atoms with van der Waals surface area (Å²) in [6, 6.07) is 17.2. The molecule has 2 aromatic carbocycles. The van der Waals surface area contributed by atoms with E-state index in [2.05, 4.69) is 11.4 Å². The van der Waals surface area contributed by atoms with E-state index < -0.39 is 0 Å². The average molecular weight is 359 g/mol. The maximum Gasteiger partial charge on any atom is 0.137 e. The Morgan fingerprint density at radius 1 is 1.24 bits per heavy atom. The summed E-state index contributed by atoms with van der Waals surface area (Å²) in [6.45, 7) is 5.82. The van der Waals surface area contributed by atoms with Crippen molar-refractivity contribution in [3.05, 3.63) is 64.7 Å². The van der Waals surface area contributed by atoms with Crippen molar-refractivity contribution < 1.29 is 9.47 Å². The van der Waals surface area contributed by atoms with Gasteiger partial charge in [0.1, 0.15) is 11.8 Å². The molecule has 4 nitrogen and oxygen atoms in total. The largest absolute Gasteiger partial charge is 0.492 e. The van der Waals surface area contributed by atoms with Crippen LogP contribution in [0.5, 0.6) is 5.75 Å². The highest BCUT2D eigenvalue weighted by molar-refractivity contribution is 6.31. The zero-order valence-electron chi connectivity index (χ0n) is 14.4. The number of hydrogen-bond donors (Lipinski definition) is 1. The molecular formula is C20H23ClN2O2. The number of nitriles is 1. The van der Waals surface area contributed by atoms with Gasteiger partial charge in [0.15, 0.2) is 0 Å². The summed E-state index contributed by atoms with van der Waals surface area (Å²) < 4.78 is 11.1. The standard InChI is InChI=1S/C13H16N2O2.C7H7Cl/c14-7-12-3-1-2-4-13(12)17-10-11-8-15-5-6-16-9-11;1-6-4-2-3-5-7(6)8/h1-4,11,15H,5-6,8-10H2;2-5H,1H3. The second-order valence-electron chi connectivity index (χ2n) is 5.81. The Morgan fingerprint density at radius 2 is 2.00 bits per heavy atom. The highest BCUT2D eigenvalue weighted by atomic mass is 35.5. The minimum absolute atomic E-state index is 0.337. The molecule has 1 saturated heterocycles. The fourth-order valence-electron chi connectivity index (χ4n) is 2.31. The van der Waals surface area contributed by atoms with Crippen LogP contribution in [0.25, 0.3) is 0 Å². The third kappa shape index (κ3) is 6.75. The summed E-state index contributed by atoms with van der Waals surface area (Å²) in [5.74, 6) is 0.989. The second-order valence-corrected chi connectivity index (χ2v) is 6.22. The molecule has 25 heavy (non-hydrogen) atoms. The molecule has 0 saturated carbocycles. The smallest absolute Gasteiger partial charge is 0.137 e. The van der Waals surface area contributed by atoms with E-state index >= 15 is 0 Å². The first-order valence-corrected chi connectivity index (χ1v) is 8.70. The summed E-state index contributed by atoms with van der Waals surface area (Å²) in [6.07, 6.45) is 0. The molecule has 0 aliphatic carbocycles. The number of aryl methyl sites for hydroxylation is 1. The Morgan fingerprint density at radius 3 is 2.72 bits per heavy atom. The van der Waals surface area contributed by atoms with E-state index in [0.29, 0.717) is 30.4 Å². The molecule has 1 unspecified atom stereocenters. The topological polar surface area (TPSA) is 54.3 Å². The van der Waals surface area contributed by atoms with Crippen molar-refractivity contribution in [1.82, 2.24) is 5.32 Å². The number of rotatable bonds is 3. The summed E-state index contributed by atoms with van der Waals surface area (Å²) >= 11 is 5.71. The summed E-state index contributed by atoms with van der Waals surface area (Å²) in [7, 11) is 0. The molecule has 1 N–H and O–H groups in total. The molecule has 2 aromatic rings. The number of halogens is 1. The highest BCUT2D eigenvalue weighted by Gasteiger charge is 2.13. The van der Waals surface area contributed by atoms with Gasteiger partial charge in [-0.3, -0.25) is 0 Å². The van der Waals surface area contributed by atoms with Crippen LogP contribution < -0.4 is 10.1 Å². The van der Waals surface area contributed by atoms with Crippen molar-refractivity contribution in [2.24, 2.45) is 5.92 Å². The van der Waals surface area contributed by atoms with Crippen LogP contribution in [0.1, 0.15) is 11.1 Å². The van der Waals surface area contributed by atoms with Crippen molar-refractivity contribution in [1.29, 1.82) is 5.26 Å². The number of nitrogens with zero attached hydrogens (tertiary/aromatic N) is 1. The zero-order chi connectivity index (χ0) is 17.9. The van der Waals surface area contributed by atoms with Gasteiger partial charge in [-0.05, 0) is 30.7 Å². The van der Waals surface area contributed by atoms with Crippen LogP contribution >= 0.6 is 11.6 Å². The molecular weight excluding hydrogens is 336 g/mol. The first kappa shape index (κ1) is 19.3. The van der Waals surface area contributed by atoms with Gasteiger partial charge in [-0.15, -0.1) is 0 Å². The van der Waals surface area contributed by atoms with Crippen LogP contribution in [0.4, 0.5) is 0 Å². The monoisotopic (exact) mass is 358 g/mol. The molecule has 5 heteroatoms. The third-order valence-electron chi connectivity index (χ3n) is 3.77. The minimum atomic E-state index is 0.337. The van der Waals surface area contributed by atoms with Gasteiger partial charge in [0.2, 0.25) is 0 Å². The van der Waals surface area contributed by atoms with Gasteiger partial charge in [-0.1, -0.05) is 41.9 Å². The molecule has 0 radical (unpaired) electrons. The van der Waals surface area contributed by atoms with Crippen LogP contribution in [0.3, 0.4) is 0 Å². The average Bonchev–Trinajstić information content (AvgIpc) is 2.92. The lowest BCUT2D eigenvalue weighted by atomic mass is 10.1. The molecule has 132 valence electrons.